The van der Waals surface area contributed by atoms with Gasteiger partial charge in [-0.15, -0.1) is 0 Å². The summed E-state index contributed by atoms with van der Waals surface area (Å²) in [5.41, 5.74) is -2.10. The summed E-state index contributed by atoms with van der Waals surface area (Å²) in [6, 6.07) is 19.0. The first-order valence-corrected chi connectivity index (χ1v) is 9.54. The van der Waals surface area contributed by atoms with Crippen molar-refractivity contribution < 1.29 is 13.6 Å². The average molecular weight is 434 g/mol. The Morgan fingerprint density at radius 2 is 1.62 bits per heavy atom. The van der Waals surface area contributed by atoms with E-state index in [1.807, 2.05) is 0 Å². The van der Waals surface area contributed by atoms with Crippen LogP contribution in [0.4, 0.5) is 14.5 Å². The van der Waals surface area contributed by atoms with Gasteiger partial charge in [-0.25, -0.2) is 13.6 Å². The molecule has 1 N–H and O–H groups in total. The van der Waals surface area contributed by atoms with Gasteiger partial charge in [0.05, 0.1) is 6.54 Å². The van der Waals surface area contributed by atoms with Crippen molar-refractivity contribution in [3.63, 3.8) is 0 Å². The molecule has 160 valence electrons. The fraction of sp³-hybridized carbons (Fsp3) is 0.0435. The largest absolute Gasteiger partial charge is 0.352 e. The number of nitrogens with zero attached hydrogens (tertiary/aromatic N) is 3. The van der Waals surface area contributed by atoms with Crippen LogP contribution < -0.4 is 16.6 Å². The fourth-order valence-electron chi connectivity index (χ4n) is 3.11. The van der Waals surface area contributed by atoms with Gasteiger partial charge in [0.15, 0.2) is 0 Å². The molecule has 0 radical (unpaired) electrons. The lowest BCUT2D eigenvalue weighted by Gasteiger charge is -2.13. The molecule has 0 unspecified atom stereocenters. The van der Waals surface area contributed by atoms with Crippen LogP contribution in [-0.2, 0) is 6.54 Å². The van der Waals surface area contributed by atoms with Gasteiger partial charge in [-0.05, 0) is 42.0 Å². The number of halogens is 2. The summed E-state index contributed by atoms with van der Waals surface area (Å²) in [6.45, 7) is -0.335. The van der Waals surface area contributed by atoms with Gasteiger partial charge in [0.25, 0.3) is 11.5 Å². The van der Waals surface area contributed by atoms with E-state index in [-0.39, 0.29) is 12.2 Å². The molecule has 0 aliphatic rings. The maximum atomic E-state index is 14.4. The highest BCUT2D eigenvalue weighted by atomic mass is 19.1. The molecule has 1 amide bonds. The monoisotopic (exact) mass is 434 g/mol. The predicted octanol–water partition coefficient (Wildman–Crippen LogP) is 2.97. The molecular formula is C23H16F2N4O3. The van der Waals surface area contributed by atoms with Crippen molar-refractivity contribution in [2.24, 2.45) is 0 Å². The van der Waals surface area contributed by atoms with Crippen LogP contribution in [0.1, 0.15) is 16.1 Å². The third kappa shape index (κ3) is 4.22. The topological polar surface area (TPSA) is 86.0 Å². The molecule has 0 bridgehead atoms. The van der Waals surface area contributed by atoms with Crippen LogP contribution in [0.5, 0.6) is 0 Å². The lowest BCUT2D eigenvalue weighted by molar-refractivity contribution is 0.101. The number of amides is 1. The molecule has 4 aromatic rings. The number of hydrogen-bond acceptors (Lipinski definition) is 4. The molecule has 3 aromatic carbocycles. The molecule has 0 spiro atoms. The quantitative estimate of drug-likeness (QED) is 0.523. The molecule has 0 aliphatic heterocycles. The van der Waals surface area contributed by atoms with Crippen LogP contribution in [0.2, 0.25) is 0 Å². The molecule has 0 fully saturated rings. The van der Waals surface area contributed by atoms with Gasteiger partial charge in [0, 0.05) is 5.69 Å². The predicted molar refractivity (Wildman–Crippen MR) is 114 cm³/mol. The van der Waals surface area contributed by atoms with Gasteiger partial charge in [-0.3, -0.25) is 14.2 Å². The lowest BCUT2D eigenvalue weighted by atomic mass is 10.2. The van der Waals surface area contributed by atoms with E-state index in [9.17, 15) is 23.2 Å². The smallest absolute Gasteiger partial charge is 0.320 e. The number of carbonyl (C=O) groups excluding carboxylic acids is 1. The van der Waals surface area contributed by atoms with E-state index in [0.717, 1.165) is 12.1 Å². The Bertz CT molecular complexity index is 1410. The van der Waals surface area contributed by atoms with Crippen molar-refractivity contribution in [3.8, 4) is 5.69 Å². The van der Waals surface area contributed by atoms with Gasteiger partial charge in [0.2, 0.25) is 5.69 Å². The second-order valence-corrected chi connectivity index (χ2v) is 6.84. The van der Waals surface area contributed by atoms with Crippen molar-refractivity contribution in [1.29, 1.82) is 0 Å². The Balaban J connectivity index is 1.88. The van der Waals surface area contributed by atoms with Crippen LogP contribution in [0.25, 0.3) is 5.69 Å². The average Bonchev–Trinajstić information content (AvgIpc) is 2.78. The minimum Gasteiger partial charge on any atom is -0.320 e. The molecule has 0 saturated carbocycles. The minimum absolute atomic E-state index is 0.237. The third-order valence-electron chi connectivity index (χ3n) is 4.62. The van der Waals surface area contributed by atoms with Gasteiger partial charge in [0.1, 0.15) is 17.3 Å². The van der Waals surface area contributed by atoms with Crippen LogP contribution in [-0.4, -0.2) is 20.3 Å². The summed E-state index contributed by atoms with van der Waals surface area (Å²) < 4.78 is 29.4. The molecule has 0 saturated heterocycles. The number of benzene rings is 3. The molecular weight excluding hydrogens is 418 g/mol. The molecule has 1 heterocycles. The van der Waals surface area contributed by atoms with Crippen molar-refractivity contribution in [3.05, 3.63) is 123 Å². The van der Waals surface area contributed by atoms with E-state index in [1.54, 1.807) is 30.3 Å². The summed E-state index contributed by atoms with van der Waals surface area (Å²) in [5.74, 6) is -2.20. The molecule has 0 atom stereocenters. The first kappa shape index (κ1) is 20.9. The van der Waals surface area contributed by atoms with Crippen molar-refractivity contribution in [2.45, 2.75) is 6.54 Å². The highest BCUT2D eigenvalue weighted by Crippen LogP contribution is 2.11. The Morgan fingerprint density at radius 3 is 2.34 bits per heavy atom. The SMILES string of the molecule is O=C(Nc1ccccc1)c1nn(-c2ccccc2F)c(=O)n(Cc2cccc(F)c2)c1=O. The van der Waals surface area contributed by atoms with E-state index in [4.69, 9.17) is 0 Å². The van der Waals surface area contributed by atoms with Gasteiger partial charge in [-0.1, -0.05) is 42.5 Å². The maximum absolute atomic E-state index is 14.4. The second kappa shape index (κ2) is 8.76. The van der Waals surface area contributed by atoms with Crippen molar-refractivity contribution >= 4 is 11.6 Å². The molecule has 4 rings (SSSR count). The zero-order valence-electron chi connectivity index (χ0n) is 16.5. The number of para-hydroxylation sites is 2. The molecule has 0 aliphatic carbocycles. The van der Waals surface area contributed by atoms with E-state index < -0.39 is 34.5 Å². The Hall–Kier alpha value is -4.40. The lowest BCUT2D eigenvalue weighted by Crippen LogP contribution is -2.45. The van der Waals surface area contributed by atoms with Crippen LogP contribution in [0.3, 0.4) is 0 Å². The number of hydrogen-bond donors (Lipinski definition) is 1. The summed E-state index contributed by atoms with van der Waals surface area (Å²) in [7, 11) is 0. The molecule has 1 aromatic heterocycles. The first-order chi connectivity index (χ1) is 15.4. The summed E-state index contributed by atoms with van der Waals surface area (Å²) >= 11 is 0. The molecule has 32 heavy (non-hydrogen) atoms. The molecule has 9 heteroatoms. The van der Waals surface area contributed by atoms with Crippen molar-refractivity contribution in [2.75, 3.05) is 5.32 Å². The van der Waals surface area contributed by atoms with Crippen LogP contribution in [0.15, 0.2) is 88.5 Å². The highest BCUT2D eigenvalue weighted by Gasteiger charge is 2.22. The van der Waals surface area contributed by atoms with E-state index in [1.165, 1.54) is 36.4 Å². The van der Waals surface area contributed by atoms with E-state index in [2.05, 4.69) is 10.4 Å². The summed E-state index contributed by atoms with van der Waals surface area (Å²) in [4.78, 5) is 38.9. The van der Waals surface area contributed by atoms with Gasteiger partial charge < -0.3 is 5.32 Å². The summed E-state index contributed by atoms with van der Waals surface area (Å²) in [5, 5.41) is 6.39. The normalized spacial score (nSPS) is 10.7. The second-order valence-electron chi connectivity index (χ2n) is 6.84. The van der Waals surface area contributed by atoms with E-state index in [0.29, 0.717) is 20.5 Å². The van der Waals surface area contributed by atoms with Crippen LogP contribution >= 0.6 is 0 Å². The number of carbonyl (C=O) groups is 1. The number of anilines is 1. The maximum Gasteiger partial charge on any atom is 0.352 e. The minimum atomic E-state index is -0.986. The van der Waals surface area contributed by atoms with Gasteiger partial charge in [-0.2, -0.15) is 9.78 Å². The Labute approximate surface area is 180 Å². The number of aromatic nitrogens is 3. The number of rotatable bonds is 5. The zero-order valence-corrected chi connectivity index (χ0v) is 16.5. The number of nitrogens with one attached hydrogen (secondary N) is 1. The highest BCUT2D eigenvalue weighted by molar-refractivity contribution is 6.02. The first-order valence-electron chi connectivity index (χ1n) is 9.54. The standard InChI is InChI=1S/C23H16F2N4O3/c24-16-8-6-7-15(13-16)14-28-22(31)20(21(30)26-17-9-2-1-3-10-17)27-29(23(28)32)19-12-5-4-11-18(19)25/h1-13H,14H2,(H,26,30). The Kier molecular flexibility index (Phi) is 5.71. The molecule has 7 nitrogen and oxygen atoms in total. The van der Waals surface area contributed by atoms with Crippen LogP contribution in [0, 0.1) is 11.6 Å². The zero-order chi connectivity index (χ0) is 22.7. The van der Waals surface area contributed by atoms with Gasteiger partial charge >= 0.3 is 5.69 Å². The fourth-order valence-corrected chi connectivity index (χ4v) is 3.11. The van der Waals surface area contributed by atoms with E-state index >= 15 is 0 Å². The summed E-state index contributed by atoms with van der Waals surface area (Å²) in [6.07, 6.45) is 0. The third-order valence-corrected chi connectivity index (χ3v) is 4.62. The van der Waals surface area contributed by atoms with Crippen molar-refractivity contribution in [1.82, 2.24) is 14.3 Å². The Morgan fingerprint density at radius 1 is 0.906 bits per heavy atom.